The first-order valence-corrected chi connectivity index (χ1v) is 11.4. The quantitative estimate of drug-likeness (QED) is 0.230. The molecule has 2 amide bonds. The molecule has 3 rings (SSSR count). The fraction of sp³-hybridized carbons (Fsp3) is 0.417. The number of esters is 1. The Morgan fingerprint density at radius 1 is 0.969 bits per heavy atom. The van der Waals surface area contributed by atoms with Crippen LogP contribution in [0.15, 0.2) is 42.6 Å². The lowest BCUT2D eigenvalue weighted by Gasteiger charge is -2.13. The first-order valence-electron chi connectivity index (χ1n) is 10.9. The molecule has 2 aromatic rings. The zero-order valence-electron chi connectivity index (χ0n) is 18.5. The minimum atomic E-state index is -0.190. The summed E-state index contributed by atoms with van der Waals surface area (Å²) in [5.74, 6) is -0.517. The number of unbranched alkanes of at least 4 members (excludes halogenated alkanes) is 2. The highest BCUT2D eigenvalue weighted by molar-refractivity contribution is 7.77. The van der Waals surface area contributed by atoms with E-state index in [0.717, 1.165) is 49.8 Å². The molecule has 0 spiro atoms. The Labute approximate surface area is 194 Å². The summed E-state index contributed by atoms with van der Waals surface area (Å²) in [6.45, 7) is 2.69. The van der Waals surface area contributed by atoms with Crippen molar-refractivity contribution in [2.24, 2.45) is 5.14 Å². The van der Waals surface area contributed by atoms with E-state index in [-0.39, 0.29) is 17.8 Å². The minimum Gasteiger partial charge on any atom is -0.466 e. The summed E-state index contributed by atoms with van der Waals surface area (Å²) in [6, 6.07) is 11.1. The predicted molar refractivity (Wildman–Crippen MR) is 126 cm³/mol. The molecular formula is C24H31N3O4S. The summed E-state index contributed by atoms with van der Waals surface area (Å²) < 4.78 is 4.92. The van der Waals surface area contributed by atoms with Crippen molar-refractivity contribution in [3.8, 4) is 0 Å². The standard InChI is InChI=1S/C24H28N2O4.H3NS/c1-2-30-22(27)13-6-3-10-19-15-14-18(17-25-19)9-7-8-16-26-23(28)20-11-4-5-12-21(20)24(26)29;1-2/h4-5,11-12,14-15,17H,2-3,6-10,13,16H2,1H3;2H,1H2. The van der Waals surface area contributed by atoms with Gasteiger partial charge in [-0.15, -0.1) is 12.8 Å². The Hall–Kier alpha value is -2.71. The highest BCUT2D eigenvalue weighted by atomic mass is 32.1. The summed E-state index contributed by atoms with van der Waals surface area (Å²) in [4.78, 5) is 41.9. The molecule has 0 radical (unpaired) electrons. The van der Waals surface area contributed by atoms with E-state index in [2.05, 4.69) is 29.0 Å². The van der Waals surface area contributed by atoms with Crippen LogP contribution in [0.2, 0.25) is 0 Å². The minimum absolute atomic E-state index is 0.137. The van der Waals surface area contributed by atoms with Gasteiger partial charge in [-0.2, -0.15) is 0 Å². The van der Waals surface area contributed by atoms with E-state index in [4.69, 9.17) is 4.74 Å². The number of nitrogens with two attached hydrogens (primary N) is 1. The number of aromatic nitrogens is 1. The van der Waals surface area contributed by atoms with E-state index < -0.39 is 0 Å². The Balaban J connectivity index is 0.00000176. The van der Waals surface area contributed by atoms with E-state index in [1.807, 2.05) is 19.2 Å². The number of carbonyl (C=O) groups excluding carboxylic acids is 3. The number of hydrogen-bond acceptors (Lipinski definition) is 7. The van der Waals surface area contributed by atoms with Gasteiger partial charge in [0.1, 0.15) is 0 Å². The normalized spacial score (nSPS) is 12.3. The maximum Gasteiger partial charge on any atom is 0.305 e. The Kier molecular flexibility index (Phi) is 10.9. The van der Waals surface area contributed by atoms with Gasteiger partial charge in [-0.1, -0.05) is 18.2 Å². The van der Waals surface area contributed by atoms with Crippen molar-refractivity contribution in [1.29, 1.82) is 0 Å². The number of nitrogens with zero attached hydrogens (tertiary/aromatic N) is 2. The molecule has 32 heavy (non-hydrogen) atoms. The van der Waals surface area contributed by atoms with Crippen molar-refractivity contribution in [2.75, 3.05) is 13.2 Å². The molecule has 0 bridgehead atoms. The van der Waals surface area contributed by atoms with Crippen LogP contribution in [0.3, 0.4) is 0 Å². The molecular weight excluding hydrogens is 426 g/mol. The SMILES string of the molecule is CCOC(=O)CCCCc1ccc(CCCCN2C(=O)c3ccccc3C2=O)cn1.NS. The average Bonchev–Trinajstić information content (AvgIpc) is 3.07. The van der Waals surface area contributed by atoms with E-state index in [9.17, 15) is 14.4 Å². The van der Waals surface area contributed by atoms with Gasteiger partial charge in [0.05, 0.1) is 17.7 Å². The fourth-order valence-electron chi connectivity index (χ4n) is 3.60. The Morgan fingerprint density at radius 3 is 2.22 bits per heavy atom. The van der Waals surface area contributed by atoms with Crippen LogP contribution in [0.25, 0.3) is 0 Å². The molecule has 1 aromatic carbocycles. The molecule has 8 heteroatoms. The van der Waals surface area contributed by atoms with Gasteiger partial charge < -0.3 is 4.74 Å². The van der Waals surface area contributed by atoms with Crippen LogP contribution < -0.4 is 5.14 Å². The van der Waals surface area contributed by atoms with Gasteiger partial charge in [0, 0.05) is 24.9 Å². The lowest BCUT2D eigenvalue weighted by Crippen LogP contribution is -2.30. The van der Waals surface area contributed by atoms with Crippen LogP contribution in [0.4, 0.5) is 0 Å². The number of fused-ring (bicyclic) bond motifs is 1. The number of ether oxygens (including phenoxy) is 1. The van der Waals surface area contributed by atoms with Gasteiger partial charge in [-0.05, 0) is 69.2 Å². The van der Waals surface area contributed by atoms with E-state index in [1.165, 1.54) is 4.90 Å². The van der Waals surface area contributed by atoms with Crippen LogP contribution >= 0.6 is 12.8 Å². The number of benzene rings is 1. The Bertz CT molecular complexity index is 867. The van der Waals surface area contributed by atoms with E-state index >= 15 is 0 Å². The summed E-state index contributed by atoms with van der Waals surface area (Å²) in [7, 11) is 0. The third-order valence-electron chi connectivity index (χ3n) is 5.23. The molecule has 0 unspecified atom stereocenters. The van der Waals surface area contributed by atoms with Crippen molar-refractivity contribution in [3.05, 3.63) is 65.0 Å². The monoisotopic (exact) mass is 457 g/mol. The fourth-order valence-corrected chi connectivity index (χ4v) is 3.60. The van der Waals surface area contributed by atoms with Gasteiger partial charge in [-0.3, -0.25) is 29.4 Å². The van der Waals surface area contributed by atoms with Crippen LogP contribution in [-0.2, 0) is 22.4 Å². The smallest absolute Gasteiger partial charge is 0.305 e. The molecule has 0 fully saturated rings. The van der Waals surface area contributed by atoms with Crippen molar-refractivity contribution < 1.29 is 19.1 Å². The summed E-state index contributed by atoms with van der Waals surface area (Å²) in [5.41, 5.74) is 3.18. The molecule has 7 nitrogen and oxygen atoms in total. The van der Waals surface area contributed by atoms with Crippen molar-refractivity contribution in [2.45, 2.75) is 51.9 Å². The largest absolute Gasteiger partial charge is 0.466 e. The second kappa shape index (κ2) is 13.6. The van der Waals surface area contributed by atoms with Crippen LogP contribution in [0.5, 0.6) is 0 Å². The second-order valence-electron chi connectivity index (χ2n) is 7.43. The van der Waals surface area contributed by atoms with Crippen molar-refractivity contribution in [1.82, 2.24) is 9.88 Å². The molecule has 1 aliphatic heterocycles. The van der Waals surface area contributed by atoms with Crippen LogP contribution in [-0.4, -0.2) is 40.8 Å². The molecule has 0 atom stereocenters. The molecule has 0 saturated carbocycles. The van der Waals surface area contributed by atoms with E-state index in [0.29, 0.717) is 30.7 Å². The molecule has 0 aliphatic carbocycles. The first-order chi connectivity index (χ1) is 15.6. The van der Waals surface area contributed by atoms with Crippen LogP contribution in [0.1, 0.15) is 71.0 Å². The molecule has 172 valence electrons. The summed E-state index contributed by atoms with van der Waals surface area (Å²) in [5, 5.41) is 4.19. The van der Waals surface area contributed by atoms with Gasteiger partial charge >= 0.3 is 5.97 Å². The first kappa shape index (κ1) is 25.5. The topological polar surface area (TPSA) is 103 Å². The number of rotatable bonds is 11. The number of amides is 2. The van der Waals surface area contributed by atoms with Crippen molar-refractivity contribution >= 4 is 30.6 Å². The maximum atomic E-state index is 12.4. The molecule has 0 saturated heterocycles. The zero-order chi connectivity index (χ0) is 23.3. The lowest BCUT2D eigenvalue weighted by atomic mass is 10.1. The van der Waals surface area contributed by atoms with Gasteiger partial charge in [0.15, 0.2) is 0 Å². The molecule has 1 aliphatic rings. The van der Waals surface area contributed by atoms with Gasteiger partial charge in [0.2, 0.25) is 0 Å². The number of hydrogen-bond donors (Lipinski definition) is 2. The summed E-state index contributed by atoms with van der Waals surface area (Å²) in [6.07, 6.45) is 7.42. The molecule has 2 N–H and O–H groups in total. The van der Waals surface area contributed by atoms with E-state index in [1.54, 1.807) is 24.3 Å². The Morgan fingerprint density at radius 2 is 1.62 bits per heavy atom. The highest BCUT2D eigenvalue weighted by Crippen LogP contribution is 2.22. The third kappa shape index (κ3) is 7.17. The number of pyridine rings is 1. The van der Waals surface area contributed by atoms with Crippen LogP contribution in [0, 0.1) is 0 Å². The number of carbonyl (C=O) groups is 3. The highest BCUT2D eigenvalue weighted by Gasteiger charge is 2.34. The maximum absolute atomic E-state index is 12.4. The molecule has 2 heterocycles. The lowest BCUT2D eigenvalue weighted by molar-refractivity contribution is -0.143. The van der Waals surface area contributed by atoms with Crippen molar-refractivity contribution in [3.63, 3.8) is 0 Å². The number of aryl methyl sites for hydroxylation is 2. The number of imide groups is 1. The second-order valence-corrected chi connectivity index (χ2v) is 7.43. The van der Waals surface area contributed by atoms with Gasteiger partial charge in [0.25, 0.3) is 11.8 Å². The average molecular weight is 458 g/mol. The number of thiol groups is 1. The predicted octanol–water partition coefficient (Wildman–Crippen LogP) is 3.77. The third-order valence-corrected chi connectivity index (χ3v) is 5.23. The van der Waals surface area contributed by atoms with Gasteiger partial charge in [-0.25, -0.2) is 0 Å². The molecule has 1 aromatic heterocycles. The zero-order valence-corrected chi connectivity index (χ0v) is 19.4. The summed E-state index contributed by atoms with van der Waals surface area (Å²) >= 11 is 3.03.